The van der Waals surface area contributed by atoms with Crippen molar-refractivity contribution in [1.29, 1.82) is 0 Å². The summed E-state index contributed by atoms with van der Waals surface area (Å²) in [5.41, 5.74) is 10.1. The molecular weight excluding hydrogens is 567 g/mol. The average molecular weight is 592 g/mol. The Labute approximate surface area is 263 Å². The lowest BCUT2D eigenvalue weighted by Crippen LogP contribution is -1.96. The third-order valence-electron chi connectivity index (χ3n) is 9.18. The predicted octanol–water partition coefficient (Wildman–Crippen LogP) is 12.4. The van der Waals surface area contributed by atoms with Gasteiger partial charge in [-0.1, -0.05) is 97.1 Å². The van der Waals surface area contributed by atoms with Crippen LogP contribution < -0.4 is 0 Å². The number of hydrogen-bond donors (Lipinski definition) is 0. The highest BCUT2D eigenvalue weighted by molar-refractivity contribution is 7.26. The summed E-state index contributed by atoms with van der Waals surface area (Å²) in [6.07, 6.45) is 0. The van der Waals surface area contributed by atoms with Gasteiger partial charge in [0.2, 0.25) is 0 Å². The third-order valence-corrected chi connectivity index (χ3v) is 10.4. The zero-order chi connectivity index (χ0) is 29.5. The molecule has 0 aliphatic heterocycles. The third kappa shape index (κ3) is 3.68. The molecule has 0 amide bonds. The van der Waals surface area contributed by atoms with Crippen LogP contribution in [0.25, 0.3) is 91.9 Å². The maximum Gasteiger partial charge on any atom is 0.136 e. The van der Waals surface area contributed by atoms with E-state index in [1.54, 1.807) is 0 Å². The molecule has 0 aliphatic carbocycles. The van der Waals surface area contributed by atoms with Gasteiger partial charge in [-0.15, -0.1) is 11.3 Å². The van der Waals surface area contributed by atoms with Crippen molar-refractivity contribution in [1.82, 2.24) is 4.57 Å². The minimum atomic E-state index is 0.907. The van der Waals surface area contributed by atoms with Crippen LogP contribution in [-0.2, 0) is 0 Å². The van der Waals surface area contributed by atoms with Gasteiger partial charge in [0.25, 0.3) is 0 Å². The molecule has 2 nitrogen and oxygen atoms in total. The molecular formula is C42H25NOS. The van der Waals surface area contributed by atoms with E-state index in [1.807, 2.05) is 23.5 Å². The largest absolute Gasteiger partial charge is 0.456 e. The van der Waals surface area contributed by atoms with Crippen LogP contribution in [0.15, 0.2) is 156 Å². The molecule has 10 aromatic rings. The SMILES string of the molecule is c1ccc(-c2cc(-c3ccc4c(c3)oc3ccccc34)cc(-n3c4ccccc4c4c5sc6ccccc6c5ccc43)c2)cc1. The van der Waals surface area contributed by atoms with Crippen LogP contribution in [0.5, 0.6) is 0 Å². The first-order chi connectivity index (χ1) is 22.3. The molecule has 7 aromatic carbocycles. The average Bonchev–Trinajstić information content (AvgIpc) is 3.77. The van der Waals surface area contributed by atoms with Crippen molar-refractivity contribution < 1.29 is 4.42 Å². The number of nitrogens with zero attached hydrogens (tertiary/aromatic N) is 1. The fourth-order valence-electron chi connectivity index (χ4n) is 7.12. The van der Waals surface area contributed by atoms with Crippen molar-refractivity contribution >= 4 is 75.3 Å². The number of thiophene rings is 1. The highest BCUT2D eigenvalue weighted by Gasteiger charge is 2.19. The van der Waals surface area contributed by atoms with Gasteiger partial charge in [-0.2, -0.15) is 0 Å². The maximum atomic E-state index is 6.31. The van der Waals surface area contributed by atoms with Gasteiger partial charge < -0.3 is 8.98 Å². The number of rotatable bonds is 3. The summed E-state index contributed by atoms with van der Waals surface area (Å²) in [6, 6.07) is 54.7. The highest BCUT2D eigenvalue weighted by atomic mass is 32.1. The summed E-state index contributed by atoms with van der Waals surface area (Å²) >= 11 is 1.89. The van der Waals surface area contributed by atoms with Crippen molar-refractivity contribution in [2.75, 3.05) is 0 Å². The first-order valence-electron chi connectivity index (χ1n) is 15.3. The number of benzene rings is 7. The number of furan rings is 1. The van der Waals surface area contributed by atoms with Crippen molar-refractivity contribution in [3.8, 4) is 27.9 Å². The Morgan fingerprint density at radius 1 is 0.422 bits per heavy atom. The Morgan fingerprint density at radius 2 is 1.11 bits per heavy atom. The molecule has 0 saturated carbocycles. The van der Waals surface area contributed by atoms with Crippen LogP contribution in [0.4, 0.5) is 0 Å². The van der Waals surface area contributed by atoms with Gasteiger partial charge in [-0.25, -0.2) is 0 Å². The summed E-state index contributed by atoms with van der Waals surface area (Å²) in [5, 5.41) is 7.54. The molecule has 0 bridgehead atoms. The van der Waals surface area contributed by atoms with Crippen molar-refractivity contribution in [3.05, 3.63) is 152 Å². The highest BCUT2D eigenvalue weighted by Crippen LogP contribution is 2.44. The standard InChI is InChI=1S/C42H25NOS/c1-2-10-26(11-3-1)28-22-29(27-18-19-32-31-12-5-8-16-38(31)44-39(32)25-27)24-30(23-28)43-36-15-7-4-14-35(36)41-37(43)21-20-34-33-13-6-9-17-40(33)45-42(34)41/h1-25H. The topological polar surface area (TPSA) is 18.1 Å². The van der Waals surface area contributed by atoms with Gasteiger partial charge in [0.15, 0.2) is 0 Å². The molecule has 10 rings (SSSR count). The van der Waals surface area contributed by atoms with Gasteiger partial charge in [-0.3, -0.25) is 0 Å². The Kier molecular flexibility index (Phi) is 5.19. The molecule has 210 valence electrons. The van der Waals surface area contributed by atoms with Gasteiger partial charge in [-0.05, 0) is 76.9 Å². The van der Waals surface area contributed by atoms with E-state index in [0.717, 1.165) is 38.8 Å². The van der Waals surface area contributed by atoms with Crippen LogP contribution in [0.1, 0.15) is 0 Å². The van der Waals surface area contributed by atoms with Gasteiger partial charge in [0, 0.05) is 47.4 Å². The molecule has 0 saturated heterocycles. The van der Waals surface area contributed by atoms with E-state index >= 15 is 0 Å². The van der Waals surface area contributed by atoms with E-state index in [1.165, 1.54) is 53.1 Å². The van der Waals surface area contributed by atoms with E-state index in [4.69, 9.17) is 4.42 Å². The Hall–Kier alpha value is -5.64. The minimum Gasteiger partial charge on any atom is -0.456 e. The van der Waals surface area contributed by atoms with Gasteiger partial charge in [0.1, 0.15) is 11.2 Å². The molecule has 0 atom stereocenters. The summed E-state index contributed by atoms with van der Waals surface area (Å²) in [4.78, 5) is 0. The Balaban J connectivity index is 1.27. The second kappa shape index (κ2) is 9.43. The molecule has 0 N–H and O–H groups in total. The van der Waals surface area contributed by atoms with E-state index in [2.05, 4.69) is 144 Å². The van der Waals surface area contributed by atoms with E-state index in [0.29, 0.717) is 0 Å². The van der Waals surface area contributed by atoms with E-state index in [-0.39, 0.29) is 0 Å². The molecule has 45 heavy (non-hydrogen) atoms. The first kappa shape index (κ1) is 24.8. The predicted molar refractivity (Wildman–Crippen MR) is 192 cm³/mol. The van der Waals surface area contributed by atoms with Crippen LogP contribution >= 0.6 is 11.3 Å². The van der Waals surface area contributed by atoms with E-state index in [9.17, 15) is 0 Å². The molecule has 0 aliphatic rings. The summed E-state index contributed by atoms with van der Waals surface area (Å²) < 4.78 is 11.4. The smallest absolute Gasteiger partial charge is 0.136 e. The lowest BCUT2D eigenvalue weighted by molar-refractivity contribution is 0.669. The van der Waals surface area contributed by atoms with Crippen molar-refractivity contribution in [2.24, 2.45) is 0 Å². The monoisotopic (exact) mass is 591 g/mol. The summed E-state index contributed by atoms with van der Waals surface area (Å²) in [6.45, 7) is 0. The van der Waals surface area contributed by atoms with Crippen LogP contribution in [0.2, 0.25) is 0 Å². The van der Waals surface area contributed by atoms with Crippen LogP contribution in [0.3, 0.4) is 0 Å². The number of hydrogen-bond acceptors (Lipinski definition) is 2. The molecule has 3 heterocycles. The molecule has 0 radical (unpaired) electrons. The lowest BCUT2D eigenvalue weighted by atomic mass is 9.97. The van der Waals surface area contributed by atoms with Crippen LogP contribution in [0, 0.1) is 0 Å². The quantitative estimate of drug-likeness (QED) is 0.200. The number of para-hydroxylation sites is 2. The zero-order valence-electron chi connectivity index (χ0n) is 24.2. The second-order valence-corrected chi connectivity index (χ2v) is 12.8. The molecule has 0 unspecified atom stereocenters. The van der Waals surface area contributed by atoms with Gasteiger partial charge in [0.05, 0.1) is 11.0 Å². The fourth-order valence-corrected chi connectivity index (χ4v) is 8.38. The summed E-state index contributed by atoms with van der Waals surface area (Å²) in [7, 11) is 0. The molecule has 0 spiro atoms. The number of aromatic nitrogens is 1. The normalized spacial score (nSPS) is 12.0. The Bertz CT molecular complexity index is 2760. The lowest BCUT2D eigenvalue weighted by Gasteiger charge is -2.14. The first-order valence-corrected chi connectivity index (χ1v) is 16.1. The summed E-state index contributed by atoms with van der Waals surface area (Å²) in [5.74, 6) is 0. The van der Waals surface area contributed by atoms with Crippen molar-refractivity contribution in [2.45, 2.75) is 0 Å². The maximum absolute atomic E-state index is 6.31. The Morgan fingerprint density at radius 3 is 2.00 bits per heavy atom. The number of fused-ring (bicyclic) bond motifs is 10. The zero-order valence-corrected chi connectivity index (χ0v) is 25.0. The van der Waals surface area contributed by atoms with E-state index < -0.39 is 0 Å². The van der Waals surface area contributed by atoms with Crippen LogP contribution in [-0.4, -0.2) is 4.57 Å². The second-order valence-electron chi connectivity index (χ2n) is 11.7. The molecule has 3 heteroatoms. The fraction of sp³-hybridized carbons (Fsp3) is 0. The molecule has 0 fully saturated rings. The minimum absolute atomic E-state index is 0.907. The van der Waals surface area contributed by atoms with Crippen molar-refractivity contribution in [3.63, 3.8) is 0 Å². The van der Waals surface area contributed by atoms with Gasteiger partial charge >= 0.3 is 0 Å². The molecule has 3 aromatic heterocycles.